The Labute approximate surface area is 139 Å². The first kappa shape index (κ1) is 16.5. The molecule has 124 valence electrons. The predicted molar refractivity (Wildman–Crippen MR) is 93.7 cm³/mol. The summed E-state index contributed by atoms with van der Waals surface area (Å²) in [5.41, 5.74) is 3.91. The maximum atomic E-state index is 13.0. The van der Waals surface area contributed by atoms with E-state index in [0.29, 0.717) is 29.8 Å². The molecule has 0 aromatic heterocycles. The molecule has 0 saturated carbocycles. The van der Waals surface area contributed by atoms with Crippen molar-refractivity contribution in [3.63, 3.8) is 0 Å². The van der Waals surface area contributed by atoms with Crippen molar-refractivity contribution in [2.24, 2.45) is 11.8 Å². The molecule has 1 aliphatic heterocycles. The third-order valence-electron chi connectivity index (χ3n) is 4.97. The van der Waals surface area contributed by atoms with Crippen molar-refractivity contribution >= 4 is 10.0 Å². The first-order valence-corrected chi connectivity index (χ1v) is 9.72. The highest BCUT2D eigenvalue weighted by molar-refractivity contribution is 7.89. The van der Waals surface area contributed by atoms with Crippen molar-refractivity contribution in [2.75, 3.05) is 13.1 Å². The first-order valence-electron chi connectivity index (χ1n) is 8.28. The lowest BCUT2D eigenvalue weighted by Gasteiger charge is -2.39. The molecule has 1 heterocycles. The number of sulfonamides is 1. The zero-order valence-electron chi connectivity index (χ0n) is 14.1. The van der Waals surface area contributed by atoms with Gasteiger partial charge in [-0.15, -0.1) is 0 Å². The van der Waals surface area contributed by atoms with E-state index in [1.165, 1.54) is 11.1 Å². The van der Waals surface area contributed by atoms with E-state index in [1.54, 1.807) is 16.4 Å². The molecule has 1 fully saturated rings. The Bertz CT molecular complexity index is 720. The van der Waals surface area contributed by atoms with Crippen LogP contribution >= 0.6 is 0 Å². The summed E-state index contributed by atoms with van der Waals surface area (Å²) >= 11 is 0. The lowest BCUT2D eigenvalue weighted by atomic mass is 9.80. The molecule has 2 atom stereocenters. The molecule has 0 amide bonds. The van der Waals surface area contributed by atoms with Gasteiger partial charge in [0.1, 0.15) is 0 Å². The second kappa shape index (κ2) is 6.25. The molecular formula is C19H25NO2S. The van der Waals surface area contributed by atoms with Crippen LogP contribution in [0.2, 0.25) is 0 Å². The molecule has 3 rings (SSSR count). The highest BCUT2D eigenvalue weighted by atomic mass is 32.2. The largest absolute Gasteiger partial charge is 0.243 e. The van der Waals surface area contributed by atoms with Gasteiger partial charge >= 0.3 is 0 Å². The summed E-state index contributed by atoms with van der Waals surface area (Å²) in [5, 5.41) is 0. The Hall–Kier alpha value is -1.39. The molecule has 1 aliphatic carbocycles. The van der Waals surface area contributed by atoms with E-state index in [0.717, 1.165) is 18.4 Å². The third-order valence-corrected chi connectivity index (χ3v) is 6.82. The van der Waals surface area contributed by atoms with E-state index < -0.39 is 10.0 Å². The van der Waals surface area contributed by atoms with Gasteiger partial charge < -0.3 is 0 Å². The summed E-state index contributed by atoms with van der Waals surface area (Å²) < 4.78 is 27.7. The molecule has 4 heteroatoms. The predicted octanol–water partition coefficient (Wildman–Crippen LogP) is 3.92. The fourth-order valence-corrected chi connectivity index (χ4v) is 5.42. The normalized spacial score (nSPS) is 25.3. The monoisotopic (exact) mass is 331 g/mol. The number of rotatable bonds is 2. The highest BCUT2D eigenvalue weighted by Crippen LogP contribution is 2.39. The second-order valence-electron chi connectivity index (χ2n) is 6.93. The van der Waals surface area contributed by atoms with Crippen LogP contribution in [0.25, 0.3) is 0 Å². The molecule has 1 aromatic carbocycles. The maximum Gasteiger partial charge on any atom is 0.243 e. The number of aryl methyl sites for hydroxylation is 1. The third kappa shape index (κ3) is 3.15. The lowest BCUT2D eigenvalue weighted by molar-refractivity contribution is 0.272. The summed E-state index contributed by atoms with van der Waals surface area (Å²) in [7, 11) is -3.40. The van der Waals surface area contributed by atoms with E-state index in [-0.39, 0.29) is 0 Å². The fourth-order valence-electron chi connectivity index (χ4n) is 3.89. The molecule has 0 unspecified atom stereocenters. The zero-order valence-corrected chi connectivity index (χ0v) is 14.9. The molecule has 1 aromatic rings. The van der Waals surface area contributed by atoms with Crippen molar-refractivity contribution in [1.29, 1.82) is 0 Å². The van der Waals surface area contributed by atoms with Gasteiger partial charge in [-0.25, -0.2) is 8.42 Å². The second-order valence-corrected chi connectivity index (χ2v) is 8.87. The van der Waals surface area contributed by atoms with Gasteiger partial charge in [0.15, 0.2) is 0 Å². The Kier molecular flexibility index (Phi) is 4.47. The zero-order chi connectivity index (χ0) is 16.6. The van der Waals surface area contributed by atoms with Gasteiger partial charge in [0, 0.05) is 13.1 Å². The summed E-state index contributed by atoms with van der Waals surface area (Å²) in [4.78, 5) is 0.411. The number of hydrogen-bond acceptors (Lipinski definition) is 2. The Morgan fingerprint density at radius 2 is 1.52 bits per heavy atom. The lowest BCUT2D eigenvalue weighted by Crippen LogP contribution is -2.45. The summed E-state index contributed by atoms with van der Waals surface area (Å²) in [6, 6.07) is 7.19. The quantitative estimate of drug-likeness (QED) is 0.770. The molecule has 2 aliphatic rings. The molecule has 0 N–H and O–H groups in total. The summed E-state index contributed by atoms with van der Waals surface area (Å²) in [6.07, 6.45) is 6.32. The smallest absolute Gasteiger partial charge is 0.207 e. The van der Waals surface area contributed by atoms with Gasteiger partial charge in [0.25, 0.3) is 0 Å². The summed E-state index contributed by atoms with van der Waals surface area (Å²) in [5.74, 6) is 0.635. The topological polar surface area (TPSA) is 37.4 Å². The van der Waals surface area contributed by atoms with Crippen molar-refractivity contribution < 1.29 is 8.42 Å². The number of hydrogen-bond donors (Lipinski definition) is 0. The van der Waals surface area contributed by atoms with Crippen LogP contribution in [0.3, 0.4) is 0 Å². The van der Waals surface area contributed by atoms with Crippen LogP contribution in [0.1, 0.15) is 32.3 Å². The van der Waals surface area contributed by atoms with Crippen LogP contribution in [0.5, 0.6) is 0 Å². The average molecular weight is 331 g/mol. The van der Waals surface area contributed by atoms with Crippen molar-refractivity contribution in [2.45, 2.75) is 38.5 Å². The van der Waals surface area contributed by atoms with E-state index in [1.807, 2.05) is 19.1 Å². The van der Waals surface area contributed by atoms with Gasteiger partial charge in [-0.2, -0.15) is 4.31 Å². The van der Waals surface area contributed by atoms with Crippen LogP contribution in [0.15, 0.2) is 52.5 Å². The van der Waals surface area contributed by atoms with Crippen LogP contribution in [-0.2, 0) is 10.0 Å². The maximum absolute atomic E-state index is 13.0. The van der Waals surface area contributed by atoms with Gasteiger partial charge in [-0.1, -0.05) is 41.0 Å². The molecule has 3 nitrogen and oxygen atoms in total. The fraction of sp³-hybridized carbons (Fsp3) is 0.474. The van der Waals surface area contributed by atoms with Gasteiger partial charge in [0.05, 0.1) is 4.90 Å². The Balaban J connectivity index is 1.94. The Morgan fingerprint density at radius 1 is 1.00 bits per heavy atom. The van der Waals surface area contributed by atoms with E-state index in [4.69, 9.17) is 0 Å². The van der Waals surface area contributed by atoms with Crippen molar-refractivity contribution in [3.8, 4) is 0 Å². The van der Waals surface area contributed by atoms with E-state index >= 15 is 0 Å². The number of nitrogens with zero attached hydrogens (tertiary/aromatic N) is 1. The van der Waals surface area contributed by atoms with E-state index in [2.05, 4.69) is 26.0 Å². The Morgan fingerprint density at radius 3 is 2.00 bits per heavy atom. The van der Waals surface area contributed by atoms with Crippen molar-refractivity contribution in [3.05, 3.63) is 53.1 Å². The molecule has 1 saturated heterocycles. The van der Waals surface area contributed by atoms with Gasteiger partial charge in [0.2, 0.25) is 10.0 Å². The average Bonchev–Trinajstić information content (AvgIpc) is 2.63. The number of allylic oxidation sites excluding steroid dienone is 3. The van der Waals surface area contributed by atoms with Crippen LogP contribution in [0, 0.1) is 18.8 Å². The van der Waals surface area contributed by atoms with Crippen LogP contribution < -0.4 is 0 Å². The minimum atomic E-state index is -3.40. The molecule has 0 spiro atoms. The van der Waals surface area contributed by atoms with E-state index in [9.17, 15) is 8.42 Å². The molecule has 23 heavy (non-hydrogen) atoms. The molecule has 2 bridgehead atoms. The minimum absolute atomic E-state index is 0.317. The van der Waals surface area contributed by atoms with Crippen LogP contribution in [-0.4, -0.2) is 25.8 Å². The first-order chi connectivity index (χ1) is 10.9. The van der Waals surface area contributed by atoms with Gasteiger partial charge in [-0.3, -0.25) is 0 Å². The van der Waals surface area contributed by atoms with Gasteiger partial charge in [-0.05, 0) is 57.6 Å². The highest BCUT2D eigenvalue weighted by Gasteiger charge is 2.38. The number of fused-ring (bicyclic) bond motifs is 2. The van der Waals surface area contributed by atoms with Crippen molar-refractivity contribution in [1.82, 2.24) is 4.31 Å². The molecule has 0 radical (unpaired) electrons. The molecular weight excluding hydrogens is 306 g/mol. The SMILES string of the molecule is CC(C)=C1[C@@H]2CC=CC[C@H]1CN(S(=O)(=O)c1ccc(C)cc1)C2. The number of benzene rings is 1. The standard InChI is InChI=1S/C19H25NO2S/c1-14(2)19-16-6-4-5-7-17(19)13-20(12-16)23(21,22)18-10-8-15(3)9-11-18/h4-5,8-11,16-17H,6-7,12-13H2,1-3H3/t16-,17+. The summed E-state index contributed by atoms with van der Waals surface area (Å²) in [6.45, 7) is 7.48. The minimum Gasteiger partial charge on any atom is -0.207 e. The van der Waals surface area contributed by atoms with Crippen LogP contribution in [0.4, 0.5) is 0 Å². The number of piperidine rings is 1.